The van der Waals surface area contributed by atoms with Crippen LogP contribution in [0.1, 0.15) is 55.7 Å². The molecule has 1 aliphatic heterocycles. The standard InChI is InChI=1S/C21H22N4O3S/c1-12-18(14-11-17(26)24(19(14)27)13-7-3-2-4-8-13)20(28)25(23-12)21-22-15-9-5-6-10-16(15)29-21/h5-6,9-10,13-14,23H,2-4,7-8,11H2,1H3/t14-/m0/s1. The molecule has 1 atom stereocenters. The molecule has 1 saturated heterocycles. The Morgan fingerprint density at radius 2 is 1.86 bits per heavy atom. The molecule has 1 aromatic carbocycles. The van der Waals surface area contributed by atoms with E-state index >= 15 is 0 Å². The summed E-state index contributed by atoms with van der Waals surface area (Å²) in [6, 6.07) is 7.68. The number of hydrogen-bond acceptors (Lipinski definition) is 5. The van der Waals surface area contributed by atoms with Crippen LogP contribution in [0, 0.1) is 6.92 Å². The predicted molar refractivity (Wildman–Crippen MR) is 110 cm³/mol. The Hall–Kier alpha value is -2.74. The molecule has 29 heavy (non-hydrogen) atoms. The van der Waals surface area contributed by atoms with Crippen molar-refractivity contribution in [3.05, 3.63) is 45.9 Å². The maximum absolute atomic E-state index is 13.2. The van der Waals surface area contributed by atoms with Crippen molar-refractivity contribution in [1.82, 2.24) is 19.7 Å². The molecular formula is C21H22N4O3S. The number of carbonyl (C=O) groups is 2. The number of aromatic amines is 1. The monoisotopic (exact) mass is 410 g/mol. The van der Waals surface area contributed by atoms with Crippen LogP contribution in [0.15, 0.2) is 29.1 Å². The van der Waals surface area contributed by atoms with Crippen LogP contribution in [0.25, 0.3) is 15.3 Å². The van der Waals surface area contributed by atoms with Crippen LogP contribution >= 0.6 is 11.3 Å². The zero-order chi connectivity index (χ0) is 20.1. The van der Waals surface area contributed by atoms with Gasteiger partial charge < -0.3 is 0 Å². The number of para-hydroxylation sites is 1. The molecule has 1 aliphatic carbocycles. The fourth-order valence-electron chi connectivity index (χ4n) is 4.66. The Balaban J connectivity index is 1.51. The number of nitrogens with one attached hydrogen (secondary N) is 1. The molecule has 2 amide bonds. The summed E-state index contributed by atoms with van der Waals surface area (Å²) < 4.78 is 2.38. The molecular weight excluding hydrogens is 388 g/mol. The Morgan fingerprint density at radius 1 is 1.10 bits per heavy atom. The summed E-state index contributed by atoms with van der Waals surface area (Å²) in [5.41, 5.74) is 1.54. The lowest BCUT2D eigenvalue weighted by atomic mass is 9.94. The van der Waals surface area contributed by atoms with Crippen molar-refractivity contribution in [2.45, 2.75) is 57.4 Å². The van der Waals surface area contributed by atoms with Crippen molar-refractivity contribution in [1.29, 1.82) is 0 Å². The van der Waals surface area contributed by atoms with E-state index in [0.717, 1.165) is 42.3 Å². The largest absolute Gasteiger partial charge is 0.293 e. The number of fused-ring (bicyclic) bond motifs is 1. The third-order valence-electron chi connectivity index (χ3n) is 6.06. The van der Waals surface area contributed by atoms with Crippen molar-refractivity contribution >= 4 is 33.4 Å². The number of imide groups is 1. The molecule has 3 heterocycles. The topological polar surface area (TPSA) is 88.1 Å². The van der Waals surface area contributed by atoms with E-state index in [1.165, 1.54) is 20.9 Å². The minimum atomic E-state index is -0.705. The lowest BCUT2D eigenvalue weighted by Crippen LogP contribution is -2.41. The minimum Gasteiger partial charge on any atom is -0.293 e. The second kappa shape index (κ2) is 6.95. The smallest absolute Gasteiger partial charge is 0.277 e. The molecule has 0 radical (unpaired) electrons. The van der Waals surface area contributed by atoms with E-state index in [4.69, 9.17) is 0 Å². The molecule has 0 spiro atoms. The summed E-state index contributed by atoms with van der Waals surface area (Å²) in [5.74, 6) is -1.08. The third-order valence-corrected chi connectivity index (χ3v) is 7.08. The maximum atomic E-state index is 13.2. The number of benzene rings is 1. The second-order valence-electron chi connectivity index (χ2n) is 7.91. The van der Waals surface area contributed by atoms with E-state index in [9.17, 15) is 14.4 Å². The van der Waals surface area contributed by atoms with Gasteiger partial charge >= 0.3 is 0 Å². The third kappa shape index (κ3) is 2.93. The van der Waals surface area contributed by atoms with Gasteiger partial charge in [-0.15, -0.1) is 0 Å². The molecule has 0 unspecified atom stereocenters. The van der Waals surface area contributed by atoms with Crippen LogP contribution in [0.5, 0.6) is 0 Å². The Morgan fingerprint density at radius 3 is 2.62 bits per heavy atom. The van der Waals surface area contributed by atoms with E-state index < -0.39 is 5.92 Å². The highest BCUT2D eigenvalue weighted by molar-refractivity contribution is 7.20. The molecule has 1 N–H and O–H groups in total. The SMILES string of the molecule is Cc1[nH]n(-c2nc3ccccc3s2)c(=O)c1[C@@H]1CC(=O)N(C2CCCCC2)C1=O. The predicted octanol–water partition coefficient (Wildman–Crippen LogP) is 3.26. The number of aryl methyl sites for hydroxylation is 1. The summed E-state index contributed by atoms with van der Waals surface area (Å²) in [4.78, 5) is 45.0. The zero-order valence-electron chi connectivity index (χ0n) is 16.2. The lowest BCUT2D eigenvalue weighted by molar-refractivity contribution is -0.142. The average Bonchev–Trinajstić information content (AvgIpc) is 3.36. The minimum absolute atomic E-state index is 0.0144. The van der Waals surface area contributed by atoms with Crippen molar-refractivity contribution in [2.24, 2.45) is 0 Å². The quantitative estimate of drug-likeness (QED) is 0.672. The van der Waals surface area contributed by atoms with E-state index in [1.54, 1.807) is 6.92 Å². The van der Waals surface area contributed by atoms with Gasteiger partial charge in [0.25, 0.3) is 5.56 Å². The van der Waals surface area contributed by atoms with Gasteiger partial charge in [-0.1, -0.05) is 42.7 Å². The molecule has 150 valence electrons. The normalized spacial score (nSPS) is 20.9. The summed E-state index contributed by atoms with van der Waals surface area (Å²) in [5, 5.41) is 3.60. The van der Waals surface area contributed by atoms with E-state index in [-0.39, 0.29) is 29.8 Å². The highest BCUT2D eigenvalue weighted by atomic mass is 32.1. The first-order valence-corrected chi connectivity index (χ1v) is 10.9. The summed E-state index contributed by atoms with van der Waals surface area (Å²) in [6.07, 6.45) is 5.04. The average molecular weight is 410 g/mol. The first-order chi connectivity index (χ1) is 14.0. The molecule has 7 nitrogen and oxygen atoms in total. The number of rotatable bonds is 3. The number of amides is 2. The first kappa shape index (κ1) is 18.3. The molecule has 1 saturated carbocycles. The molecule has 2 aliphatic rings. The van der Waals surface area contributed by atoms with Crippen molar-refractivity contribution < 1.29 is 9.59 Å². The molecule has 3 aromatic rings. The van der Waals surface area contributed by atoms with Crippen LogP contribution in [-0.2, 0) is 9.59 Å². The van der Waals surface area contributed by atoms with Crippen molar-refractivity contribution in [3.63, 3.8) is 0 Å². The lowest BCUT2D eigenvalue weighted by Gasteiger charge is -2.29. The maximum Gasteiger partial charge on any atom is 0.277 e. The summed E-state index contributed by atoms with van der Waals surface area (Å²) >= 11 is 1.41. The number of aromatic nitrogens is 3. The highest BCUT2D eigenvalue weighted by Gasteiger charge is 2.45. The highest BCUT2D eigenvalue weighted by Crippen LogP contribution is 2.35. The number of nitrogens with zero attached hydrogens (tertiary/aromatic N) is 3. The van der Waals surface area contributed by atoms with Crippen LogP contribution < -0.4 is 5.56 Å². The second-order valence-corrected chi connectivity index (χ2v) is 8.91. The van der Waals surface area contributed by atoms with Gasteiger partial charge in [-0.2, -0.15) is 4.68 Å². The van der Waals surface area contributed by atoms with Gasteiger partial charge in [0.2, 0.25) is 16.9 Å². The summed E-state index contributed by atoms with van der Waals surface area (Å²) in [7, 11) is 0. The fourth-order valence-corrected chi connectivity index (χ4v) is 5.59. The van der Waals surface area contributed by atoms with Gasteiger partial charge in [-0.05, 0) is 31.9 Å². The number of likely N-dealkylation sites (tertiary alicyclic amines) is 1. The number of H-pyrrole nitrogens is 1. The summed E-state index contributed by atoms with van der Waals surface area (Å²) in [6.45, 7) is 1.78. The number of carbonyl (C=O) groups excluding carboxylic acids is 2. The molecule has 2 aromatic heterocycles. The first-order valence-electron chi connectivity index (χ1n) is 10.1. The molecule has 8 heteroatoms. The Kier molecular flexibility index (Phi) is 4.38. The van der Waals surface area contributed by atoms with Crippen molar-refractivity contribution in [2.75, 3.05) is 0 Å². The number of hydrogen-bond donors (Lipinski definition) is 1. The fraction of sp³-hybridized carbons (Fsp3) is 0.429. The van der Waals surface area contributed by atoms with Gasteiger partial charge in [0.05, 0.1) is 21.7 Å². The molecule has 2 fully saturated rings. The molecule has 5 rings (SSSR count). The van der Waals surface area contributed by atoms with Crippen LogP contribution in [-0.4, -0.2) is 37.5 Å². The van der Waals surface area contributed by atoms with Crippen molar-refractivity contribution in [3.8, 4) is 5.13 Å². The van der Waals surface area contributed by atoms with Crippen LogP contribution in [0.3, 0.4) is 0 Å². The molecule has 0 bridgehead atoms. The zero-order valence-corrected chi connectivity index (χ0v) is 17.0. The Bertz CT molecular complexity index is 1140. The van der Waals surface area contributed by atoms with E-state index in [1.807, 2.05) is 24.3 Å². The Labute approximate surface area is 171 Å². The van der Waals surface area contributed by atoms with Gasteiger partial charge in [0.1, 0.15) is 0 Å². The van der Waals surface area contributed by atoms with Gasteiger partial charge in [-0.3, -0.25) is 24.4 Å². The number of thiazole rings is 1. The van der Waals surface area contributed by atoms with Gasteiger partial charge in [0.15, 0.2) is 0 Å². The van der Waals surface area contributed by atoms with Gasteiger partial charge in [-0.25, -0.2) is 4.98 Å². The van der Waals surface area contributed by atoms with E-state index in [0.29, 0.717) is 16.4 Å². The van der Waals surface area contributed by atoms with Gasteiger partial charge in [0, 0.05) is 18.2 Å². The van der Waals surface area contributed by atoms with E-state index in [2.05, 4.69) is 10.1 Å². The van der Waals surface area contributed by atoms with Crippen LogP contribution in [0.2, 0.25) is 0 Å². The van der Waals surface area contributed by atoms with Crippen LogP contribution in [0.4, 0.5) is 0 Å².